The van der Waals surface area contributed by atoms with Gasteiger partial charge in [0.05, 0.1) is 21.3 Å². The lowest BCUT2D eigenvalue weighted by Gasteiger charge is -2.01. The van der Waals surface area contributed by atoms with E-state index in [-0.39, 0.29) is 5.69 Å². The van der Waals surface area contributed by atoms with Crippen molar-refractivity contribution in [3.8, 4) is 0 Å². The van der Waals surface area contributed by atoms with Crippen LogP contribution < -0.4 is 0 Å². The van der Waals surface area contributed by atoms with E-state index < -0.39 is 4.92 Å². The fraction of sp³-hybridized carbons (Fsp3) is 0. The lowest BCUT2D eigenvalue weighted by Crippen LogP contribution is -1.91. The number of nitrogens with zero attached hydrogens (tertiary/aromatic N) is 2. The quantitative estimate of drug-likeness (QED) is 0.316. The zero-order valence-corrected chi connectivity index (χ0v) is 8.08. The Kier molecular flexibility index (Phi) is 1.54. The molecule has 0 amide bonds. The van der Waals surface area contributed by atoms with Gasteiger partial charge in [0, 0.05) is 12.1 Å². The molecule has 1 aliphatic heterocycles. The van der Waals surface area contributed by atoms with Gasteiger partial charge in [-0.2, -0.15) is 4.74 Å². The Labute approximate surface area is 90.0 Å². The zero-order chi connectivity index (χ0) is 11.3. The maximum atomic E-state index is 11.5. The summed E-state index contributed by atoms with van der Waals surface area (Å²) in [6.45, 7) is 0. The van der Waals surface area contributed by atoms with Crippen molar-refractivity contribution in [3.05, 3.63) is 51.2 Å². The molecule has 0 N–H and O–H groups in total. The minimum absolute atomic E-state index is 0.0318. The molecule has 78 valence electrons. The van der Waals surface area contributed by atoms with Crippen molar-refractivity contribution in [3.63, 3.8) is 0 Å². The van der Waals surface area contributed by atoms with Crippen LogP contribution in [0.4, 0.5) is 11.4 Å². The summed E-state index contributed by atoms with van der Waals surface area (Å²) in [5.74, 6) is 0. The average Bonchev–Trinajstić information content (AvgIpc) is 2.58. The van der Waals surface area contributed by atoms with Gasteiger partial charge in [-0.3, -0.25) is 10.1 Å². The summed E-state index contributed by atoms with van der Waals surface area (Å²) >= 11 is 0. The molecule has 0 atom stereocenters. The van der Waals surface area contributed by atoms with Crippen LogP contribution in [0.15, 0.2) is 30.3 Å². The summed E-state index contributed by atoms with van der Waals surface area (Å²) in [4.78, 5) is 10.4. The van der Waals surface area contributed by atoms with Crippen LogP contribution in [0.5, 0.6) is 0 Å². The highest BCUT2D eigenvalue weighted by Crippen LogP contribution is 2.37. The van der Waals surface area contributed by atoms with Gasteiger partial charge in [0.1, 0.15) is 0 Å². The molecule has 0 saturated heterocycles. The minimum atomic E-state index is -0.434. The van der Waals surface area contributed by atoms with Crippen molar-refractivity contribution >= 4 is 28.4 Å². The maximum Gasteiger partial charge on any atom is 0.277 e. The highest BCUT2D eigenvalue weighted by Gasteiger charge is 2.24. The van der Waals surface area contributed by atoms with Gasteiger partial charge in [0.25, 0.3) is 5.69 Å². The third-order valence-corrected chi connectivity index (χ3v) is 2.72. The molecule has 0 unspecified atom stereocenters. The van der Waals surface area contributed by atoms with E-state index in [9.17, 15) is 15.3 Å². The molecule has 0 radical (unpaired) electrons. The van der Waals surface area contributed by atoms with Gasteiger partial charge < -0.3 is 5.21 Å². The molecule has 0 bridgehead atoms. The molecule has 3 rings (SSSR count). The minimum Gasteiger partial charge on any atom is -0.618 e. The number of rotatable bonds is 1. The normalized spacial score (nSPS) is 12.9. The Morgan fingerprint density at radius 3 is 2.75 bits per heavy atom. The van der Waals surface area contributed by atoms with E-state index in [1.807, 2.05) is 0 Å². The van der Waals surface area contributed by atoms with Crippen molar-refractivity contribution in [2.75, 3.05) is 0 Å². The third-order valence-electron chi connectivity index (χ3n) is 2.72. The second-order valence-corrected chi connectivity index (χ2v) is 3.59. The summed E-state index contributed by atoms with van der Waals surface area (Å²) in [5, 5.41) is 23.5. The number of benzene rings is 2. The molecule has 2 aromatic rings. The smallest absolute Gasteiger partial charge is 0.277 e. The zero-order valence-electron chi connectivity index (χ0n) is 8.08. The van der Waals surface area contributed by atoms with E-state index in [1.165, 1.54) is 18.3 Å². The van der Waals surface area contributed by atoms with Gasteiger partial charge >= 0.3 is 0 Å². The molecule has 1 aliphatic rings. The highest BCUT2D eigenvalue weighted by atomic mass is 16.6. The van der Waals surface area contributed by atoms with Crippen LogP contribution in [0, 0.1) is 15.3 Å². The van der Waals surface area contributed by atoms with Crippen LogP contribution in [0.1, 0.15) is 5.56 Å². The Hall–Kier alpha value is -2.43. The van der Waals surface area contributed by atoms with Crippen molar-refractivity contribution < 1.29 is 9.66 Å². The SMILES string of the molecule is O=[N+]([O-])c1ccc2c3c(cccc13)C=[N+]2[O-]. The van der Waals surface area contributed by atoms with Crippen LogP contribution >= 0.6 is 0 Å². The second-order valence-electron chi connectivity index (χ2n) is 3.59. The van der Waals surface area contributed by atoms with Gasteiger partial charge in [-0.25, -0.2) is 0 Å². The first-order valence-corrected chi connectivity index (χ1v) is 4.70. The Balaban J connectivity index is 2.50. The topological polar surface area (TPSA) is 69.2 Å². The van der Waals surface area contributed by atoms with E-state index in [4.69, 9.17) is 0 Å². The van der Waals surface area contributed by atoms with Crippen molar-refractivity contribution in [2.24, 2.45) is 0 Å². The van der Waals surface area contributed by atoms with Gasteiger partial charge in [0.15, 0.2) is 6.21 Å². The second kappa shape index (κ2) is 2.79. The van der Waals surface area contributed by atoms with Crippen LogP contribution in [0.2, 0.25) is 0 Å². The summed E-state index contributed by atoms with van der Waals surface area (Å²) in [6, 6.07) is 8.00. The van der Waals surface area contributed by atoms with Crippen molar-refractivity contribution in [1.82, 2.24) is 0 Å². The monoisotopic (exact) mass is 214 g/mol. The lowest BCUT2D eigenvalue weighted by atomic mass is 10.0. The first kappa shape index (κ1) is 8.84. The Morgan fingerprint density at radius 1 is 1.19 bits per heavy atom. The number of hydrogen-bond acceptors (Lipinski definition) is 3. The first-order chi connectivity index (χ1) is 7.68. The standard InChI is InChI=1S/C11H6N2O3/c14-12-6-7-2-1-3-8-9(13(15)16)4-5-10(12)11(7)8/h1-6H. The van der Waals surface area contributed by atoms with E-state index in [0.717, 1.165) is 10.3 Å². The van der Waals surface area contributed by atoms with E-state index in [1.54, 1.807) is 18.2 Å². The molecule has 0 aliphatic carbocycles. The number of non-ortho nitro benzene ring substituents is 1. The van der Waals surface area contributed by atoms with Crippen molar-refractivity contribution in [2.45, 2.75) is 0 Å². The predicted molar refractivity (Wildman–Crippen MR) is 59.1 cm³/mol. The molecule has 0 aromatic heterocycles. The molecule has 0 fully saturated rings. The van der Waals surface area contributed by atoms with E-state index in [0.29, 0.717) is 16.5 Å². The van der Waals surface area contributed by atoms with Gasteiger partial charge in [-0.15, -0.1) is 0 Å². The number of nitro benzene ring substituents is 1. The molecule has 5 nitrogen and oxygen atoms in total. The lowest BCUT2D eigenvalue weighted by molar-refractivity contribution is -0.383. The summed E-state index contributed by atoms with van der Waals surface area (Å²) in [5.41, 5.74) is 1.23. The fourth-order valence-electron chi connectivity index (χ4n) is 2.05. The Morgan fingerprint density at radius 2 is 2.00 bits per heavy atom. The van der Waals surface area contributed by atoms with Crippen LogP contribution in [-0.2, 0) is 0 Å². The van der Waals surface area contributed by atoms with E-state index >= 15 is 0 Å². The molecule has 1 heterocycles. The summed E-state index contributed by atoms with van der Waals surface area (Å²) in [7, 11) is 0. The third kappa shape index (κ3) is 0.967. The largest absolute Gasteiger partial charge is 0.618 e. The van der Waals surface area contributed by atoms with Crippen LogP contribution in [0.3, 0.4) is 0 Å². The van der Waals surface area contributed by atoms with Gasteiger partial charge in [0.2, 0.25) is 5.69 Å². The van der Waals surface area contributed by atoms with E-state index in [2.05, 4.69) is 0 Å². The maximum absolute atomic E-state index is 11.5. The predicted octanol–water partition coefficient (Wildman–Crippen LogP) is 2.32. The average molecular weight is 214 g/mol. The molecule has 0 spiro atoms. The molecule has 0 saturated carbocycles. The molecule has 2 aromatic carbocycles. The summed E-state index contributed by atoms with van der Waals surface area (Å²) in [6.07, 6.45) is 1.43. The molecular formula is C11H6N2O3. The van der Waals surface area contributed by atoms with Crippen LogP contribution in [0.25, 0.3) is 10.8 Å². The van der Waals surface area contributed by atoms with Crippen LogP contribution in [-0.4, -0.2) is 15.9 Å². The number of nitro groups is 1. The van der Waals surface area contributed by atoms with Gasteiger partial charge in [-0.05, 0) is 12.1 Å². The Bertz CT molecular complexity index is 662. The van der Waals surface area contributed by atoms with Gasteiger partial charge in [-0.1, -0.05) is 6.07 Å². The fourth-order valence-corrected chi connectivity index (χ4v) is 2.05. The molecular weight excluding hydrogens is 208 g/mol. The summed E-state index contributed by atoms with van der Waals surface area (Å²) < 4.78 is 0.737. The number of hydrogen-bond donors (Lipinski definition) is 0. The molecule has 5 heteroatoms. The van der Waals surface area contributed by atoms with Crippen molar-refractivity contribution in [1.29, 1.82) is 0 Å². The molecule has 16 heavy (non-hydrogen) atoms. The highest BCUT2D eigenvalue weighted by molar-refractivity contribution is 6.10. The first-order valence-electron chi connectivity index (χ1n) is 4.70.